The van der Waals surface area contributed by atoms with Crippen molar-refractivity contribution in [2.24, 2.45) is 0 Å². The summed E-state index contributed by atoms with van der Waals surface area (Å²) in [6, 6.07) is 6.70. The summed E-state index contributed by atoms with van der Waals surface area (Å²) >= 11 is 0. The highest BCUT2D eigenvalue weighted by atomic mass is 32.2. The molecular formula is C27H35N5O4S. The standard InChI is InChI=1S/C27H35N5O4S/c1-17-7-11-21(12-8-17)37(34,35)32-15-22(20-9-10-20)23-24(28-16-29-25(23)32)30-13-19(3)31(14-18(30)2)26(33)36-27(4,5)6/h7-8,11-12,15-16,18-20H,9-10,13-14H2,1-6H3. The van der Waals surface area contributed by atoms with E-state index in [-0.39, 0.29) is 29.0 Å². The van der Waals surface area contributed by atoms with Crippen LogP contribution in [0.3, 0.4) is 0 Å². The summed E-state index contributed by atoms with van der Waals surface area (Å²) in [5.74, 6) is 1.01. The molecule has 1 aliphatic heterocycles. The molecule has 1 saturated heterocycles. The van der Waals surface area contributed by atoms with Crippen molar-refractivity contribution >= 4 is 33.0 Å². The number of fused-ring (bicyclic) bond motifs is 1. The van der Waals surface area contributed by atoms with E-state index in [0.717, 1.165) is 29.4 Å². The largest absolute Gasteiger partial charge is 0.444 e. The molecule has 2 atom stereocenters. The van der Waals surface area contributed by atoms with Crippen LogP contribution in [0.15, 0.2) is 41.7 Å². The summed E-state index contributed by atoms with van der Waals surface area (Å²) in [7, 11) is -3.84. The lowest BCUT2D eigenvalue weighted by atomic mass is 10.1. The van der Waals surface area contributed by atoms with Crippen LogP contribution in [0.5, 0.6) is 0 Å². The zero-order valence-electron chi connectivity index (χ0n) is 22.3. The summed E-state index contributed by atoms with van der Waals surface area (Å²) in [6.07, 6.45) is 4.87. The summed E-state index contributed by atoms with van der Waals surface area (Å²) in [5, 5.41) is 0.783. The maximum Gasteiger partial charge on any atom is 0.410 e. The van der Waals surface area contributed by atoms with Crippen LogP contribution in [0, 0.1) is 6.92 Å². The number of rotatable bonds is 4. The smallest absolute Gasteiger partial charge is 0.410 e. The highest BCUT2D eigenvalue weighted by molar-refractivity contribution is 7.90. The molecule has 1 saturated carbocycles. The van der Waals surface area contributed by atoms with Gasteiger partial charge in [-0.05, 0) is 78.0 Å². The molecule has 9 nitrogen and oxygen atoms in total. The van der Waals surface area contributed by atoms with Crippen LogP contribution in [-0.4, -0.2) is 64.1 Å². The second-order valence-electron chi connectivity index (χ2n) is 11.4. The topological polar surface area (TPSA) is 97.6 Å². The van der Waals surface area contributed by atoms with Gasteiger partial charge in [0.2, 0.25) is 0 Å². The molecule has 0 spiro atoms. The van der Waals surface area contributed by atoms with E-state index in [4.69, 9.17) is 4.74 Å². The maximum atomic E-state index is 13.7. The Hall–Kier alpha value is -3.14. The number of benzene rings is 1. The van der Waals surface area contributed by atoms with E-state index in [1.165, 1.54) is 10.3 Å². The van der Waals surface area contributed by atoms with Crippen molar-refractivity contribution < 1.29 is 17.9 Å². The minimum absolute atomic E-state index is 0.0501. The number of aromatic nitrogens is 3. The summed E-state index contributed by atoms with van der Waals surface area (Å²) in [6.45, 7) is 12.6. The Morgan fingerprint density at radius 3 is 2.32 bits per heavy atom. The van der Waals surface area contributed by atoms with Gasteiger partial charge in [-0.1, -0.05) is 17.7 Å². The quantitative estimate of drug-likeness (QED) is 0.487. The monoisotopic (exact) mass is 525 g/mol. The fourth-order valence-corrected chi connectivity index (χ4v) is 6.30. The van der Waals surface area contributed by atoms with E-state index in [1.54, 1.807) is 35.4 Å². The molecule has 3 aromatic rings. The van der Waals surface area contributed by atoms with Crippen LogP contribution >= 0.6 is 0 Å². The first-order chi connectivity index (χ1) is 17.4. The van der Waals surface area contributed by atoms with Crippen LogP contribution in [0.4, 0.5) is 10.6 Å². The van der Waals surface area contributed by atoms with Crippen LogP contribution in [-0.2, 0) is 14.8 Å². The van der Waals surface area contributed by atoms with Gasteiger partial charge in [-0.3, -0.25) is 0 Å². The van der Waals surface area contributed by atoms with Crippen molar-refractivity contribution in [1.82, 2.24) is 18.8 Å². The van der Waals surface area contributed by atoms with Gasteiger partial charge in [0.05, 0.1) is 10.3 Å². The van der Waals surface area contributed by atoms with E-state index in [0.29, 0.717) is 24.6 Å². The number of carbonyl (C=O) groups excluding carboxylic acids is 1. The molecular weight excluding hydrogens is 490 g/mol. The normalized spacial score (nSPS) is 20.9. The molecule has 1 aromatic carbocycles. The third kappa shape index (κ3) is 4.79. The number of nitrogens with zero attached hydrogens (tertiary/aromatic N) is 5. The van der Waals surface area contributed by atoms with Gasteiger partial charge in [-0.2, -0.15) is 0 Å². The molecule has 2 aromatic heterocycles. The molecule has 1 amide bonds. The molecule has 0 N–H and O–H groups in total. The number of piperazine rings is 1. The fourth-order valence-electron chi connectivity index (χ4n) is 4.97. The van der Waals surface area contributed by atoms with Crippen molar-refractivity contribution in [1.29, 1.82) is 0 Å². The molecule has 2 fully saturated rings. The molecule has 2 unspecified atom stereocenters. The third-order valence-electron chi connectivity index (χ3n) is 7.04. The molecule has 0 bridgehead atoms. The van der Waals surface area contributed by atoms with Crippen LogP contribution in [0.2, 0.25) is 0 Å². The number of carbonyl (C=O) groups is 1. The first-order valence-corrected chi connectivity index (χ1v) is 14.3. The van der Waals surface area contributed by atoms with E-state index in [9.17, 15) is 13.2 Å². The number of amides is 1. The average Bonchev–Trinajstić information content (AvgIpc) is 3.58. The Kier molecular flexibility index (Phi) is 6.21. The molecule has 0 radical (unpaired) electrons. The molecule has 10 heteroatoms. The summed E-state index contributed by atoms with van der Waals surface area (Å²) < 4.78 is 34.3. The van der Waals surface area contributed by atoms with Gasteiger partial charge in [-0.15, -0.1) is 0 Å². The van der Waals surface area contributed by atoms with Gasteiger partial charge < -0.3 is 14.5 Å². The second kappa shape index (κ2) is 9.01. The van der Waals surface area contributed by atoms with Crippen LogP contribution in [0.1, 0.15) is 64.5 Å². The summed E-state index contributed by atoms with van der Waals surface area (Å²) in [4.78, 5) is 26.1. The van der Waals surface area contributed by atoms with Crippen molar-refractivity contribution in [3.8, 4) is 0 Å². The number of hydrogen-bond donors (Lipinski definition) is 0. The first kappa shape index (κ1) is 25.5. The van der Waals surface area contributed by atoms with Crippen LogP contribution < -0.4 is 4.90 Å². The van der Waals surface area contributed by atoms with Gasteiger partial charge in [-0.25, -0.2) is 27.2 Å². The van der Waals surface area contributed by atoms with Crippen molar-refractivity contribution in [2.45, 2.75) is 82.9 Å². The zero-order chi connectivity index (χ0) is 26.7. The number of ether oxygens (including phenoxy) is 1. The third-order valence-corrected chi connectivity index (χ3v) is 8.71. The zero-order valence-corrected chi connectivity index (χ0v) is 23.1. The van der Waals surface area contributed by atoms with Crippen LogP contribution in [0.25, 0.3) is 11.0 Å². The molecule has 5 rings (SSSR count). The Morgan fingerprint density at radius 1 is 1.03 bits per heavy atom. The molecule has 37 heavy (non-hydrogen) atoms. The minimum Gasteiger partial charge on any atom is -0.444 e. The molecule has 1 aliphatic carbocycles. The van der Waals surface area contributed by atoms with Gasteiger partial charge in [0.1, 0.15) is 17.7 Å². The number of aryl methyl sites for hydroxylation is 1. The second-order valence-corrected chi connectivity index (χ2v) is 13.2. The van der Waals surface area contributed by atoms with Crippen molar-refractivity contribution in [3.63, 3.8) is 0 Å². The van der Waals surface area contributed by atoms with Gasteiger partial charge >= 0.3 is 6.09 Å². The highest BCUT2D eigenvalue weighted by Gasteiger charge is 2.38. The Balaban J connectivity index is 1.55. The van der Waals surface area contributed by atoms with E-state index in [2.05, 4.69) is 14.9 Å². The predicted molar refractivity (Wildman–Crippen MR) is 142 cm³/mol. The van der Waals surface area contributed by atoms with Crippen molar-refractivity contribution in [3.05, 3.63) is 47.9 Å². The molecule has 3 heterocycles. The van der Waals surface area contributed by atoms with E-state index < -0.39 is 15.6 Å². The number of hydrogen-bond acceptors (Lipinski definition) is 7. The molecule has 198 valence electrons. The van der Waals surface area contributed by atoms with E-state index >= 15 is 0 Å². The first-order valence-electron chi connectivity index (χ1n) is 12.8. The lowest BCUT2D eigenvalue weighted by Crippen LogP contribution is -2.59. The molecule has 2 aliphatic rings. The minimum atomic E-state index is -3.84. The SMILES string of the molecule is Cc1ccc(S(=O)(=O)n2cc(C3CC3)c3c(N4CC(C)N(C(=O)OC(C)(C)C)CC4C)ncnc32)cc1. The maximum absolute atomic E-state index is 13.7. The lowest BCUT2D eigenvalue weighted by molar-refractivity contribution is 0.0130. The highest BCUT2D eigenvalue weighted by Crippen LogP contribution is 2.46. The predicted octanol–water partition coefficient (Wildman–Crippen LogP) is 4.69. The Bertz CT molecular complexity index is 1440. The van der Waals surface area contributed by atoms with Gasteiger partial charge in [0.15, 0.2) is 5.65 Å². The Labute approximate surface area is 218 Å². The average molecular weight is 526 g/mol. The van der Waals surface area contributed by atoms with Gasteiger partial charge in [0, 0.05) is 31.4 Å². The Morgan fingerprint density at radius 2 is 1.70 bits per heavy atom. The van der Waals surface area contributed by atoms with Crippen molar-refractivity contribution in [2.75, 3.05) is 18.0 Å². The summed E-state index contributed by atoms with van der Waals surface area (Å²) in [5.41, 5.74) is 1.78. The fraction of sp³-hybridized carbons (Fsp3) is 0.519. The number of anilines is 1. The lowest BCUT2D eigenvalue weighted by Gasteiger charge is -2.44. The van der Waals surface area contributed by atoms with Gasteiger partial charge in [0.25, 0.3) is 10.0 Å². The van der Waals surface area contributed by atoms with E-state index in [1.807, 2.05) is 41.5 Å².